The second-order valence-electron chi connectivity index (χ2n) is 5.06. The van der Waals surface area contributed by atoms with Crippen LogP contribution >= 0.6 is 11.6 Å². The van der Waals surface area contributed by atoms with Crippen molar-refractivity contribution in [1.29, 1.82) is 0 Å². The fourth-order valence-electron chi connectivity index (χ4n) is 2.22. The van der Waals surface area contributed by atoms with Crippen molar-refractivity contribution in [1.82, 2.24) is 26.7 Å². The Hall–Kier alpha value is -2.19. The van der Waals surface area contributed by atoms with Crippen molar-refractivity contribution in [3.63, 3.8) is 0 Å². The number of carbonyl (C=O) groups is 1. The van der Waals surface area contributed by atoms with Gasteiger partial charge >= 0.3 is 0 Å². The number of halogens is 1. The smallest absolute Gasteiger partial charge is 0.242 e. The Morgan fingerprint density at radius 2 is 2.00 bits per heavy atom. The molecule has 0 spiro atoms. The van der Waals surface area contributed by atoms with Gasteiger partial charge in [-0.05, 0) is 36.4 Å². The number of rotatable bonds is 5. The maximum absolute atomic E-state index is 12.3. The number of nitrogens with one attached hydrogen (secondary N) is 5. The van der Waals surface area contributed by atoms with Crippen molar-refractivity contribution in [2.75, 3.05) is 5.32 Å². The van der Waals surface area contributed by atoms with Crippen LogP contribution in [0.25, 0.3) is 0 Å². The van der Waals surface area contributed by atoms with Crippen molar-refractivity contribution >= 4 is 23.2 Å². The number of hydrogen-bond acceptors (Lipinski definition) is 6. The van der Waals surface area contributed by atoms with Crippen LogP contribution in [0, 0.1) is 0 Å². The van der Waals surface area contributed by atoms with Crippen molar-refractivity contribution in [3.05, 3.63) is 59.4 Å². The van der Waals surface area contributed by atoms with Crippen LogP contribution in [0.1, 0.15) is 5.69 Å². The lowest BCUT2D eigenvalue weighted by Crippen LogP contribution is -2.50. The topological polar surface area (TPSA) is 90.1 Å². The summed E-state index contributed by atoms with van der Waals surface area (Å²) in [5.74, 6) is -0.139. The summed E-state index contributed by atoms with van der Waals surface area (Å²) < 4.78 is 0. The van der Waals surface area contributed by atoms with E-state index < -0.39 is 6.04 Å². The molecule has 1 aromatic heterocycles. The predicted octanol–water partition coefficient (Wildman–Crippen LogP) is 0.770. The summed E-state index contributed by atoms with van der Waals surface area (Å²) in [7, 11) is 0. The molecule has 3 rings (SSSR count). The summed E-state index contributed by atoms with van der Waals surface area (Å²) in [5, 5.41) is 6.75. The normalized spacial score (nSPS) is 20.2. The fraction of sp³-hybridized carbons (Fsp3) is 0.200. The molecule has 120 valence electrons. The second kappa shape index (κ2) is 7.38. The molecule has 0 aliphatic carbocycles. The van der Waals surface area contributed by atoms with Crippen molar-refractivity contribution in [2.24, 2.45) is 0 Å². The molecule has 1 amide bonds. The fourth-order valence-corrected chi connectivity index (χ4v) is 2.34. The summed E-state index contributed by atoms with van der Waals surface area (Å²) in [6.07, 6.45) is 1.39. The predicted molar refractivity (Wildman–Crippen MR) is 88.1 cm³/mol. The lowest BCUT2D eigenvalue weighted by molar-refractivity contribution is -0.123. The Morgan fingerprint density at radius 1 is 1.17 bits per heavy atom. The minimum Gasteiger partial charge on any atom is -0.367 e. The summed E-state index contributed by atoms with van der Waals surface area (Å²) in [5.41, 5.74) is 10.3. The van der Waals surface area contributed by atoms with Gasteiger partial charge in [0.1, 0.15) is 12.2 Å². The molecule has 1 saturated heterocycles. The first-order valence-electron chi connectivity index (χ1n) is 7.18. The molecule has 2 atom stereocenters. The summed E-state index contributed by atoms with van der Waals surface area (Å²) in [6.45, 7) is 0.380. The first kappa shape index (κ1) is 15.7. The van der Waals surface area contributed by atoms with Crippen LogP contribution in [0.2, 0.25) is 5.02 Å². The monoisotopic (exact) mass is 332 g/mol. The molecule has 2 aromatic rings. The average Bonchev–Trinajstić information content (AvgIpc) is 3.04. The molecular formula is C15H17ClN6O. The van der Waals surface area contributed by atoms with E-state index in [9.17, 15) is 4.79 Å². The van der Waals surface area contributed by atoms with Crippen molar-refractivity contribution in [2.45, 2.75) is 18.8 Å². The molecule has 0 bridgehead atoms. The molecule has 0 radical (unpaired) electrons. The Morgan fingerprint density at radius 3 is 2.74 bits per heavy atom. The molecular weight excluding hydrogens is 316 g/mol. The Bertz CT molecular complexity index is 651. The van der Waals surface area contributed by atoms with E-state index in [1.165, 1.54) is 0 Å². The van der Waals surface area contributed by atoms with Gasteiger partial charge in [-0.1, -0.05) is 17.7 Å². The molecule has 0 saturated carbocycles. The number of pyridine rings is 1. The zero-order chi connectivity index (χ0) is 16.1. The van der Waals surface area contributed by atoms with Crippen LogP contribution in [0.5, 0.6) is 0 Å². The average molecular weight is 333 g/mol. The number of aromatic nitrogens is 1. The highest BCUT2D eigenvalue weighted by atomic mass is 35.5. The molecule has 1 aliphatic heterocycles. The lowest BCUT2D eigenvalue weighted by atomic mass is 10.2. The zero-order valence-electron chi connectivity index (χ0n) is 12.2. The molecule has 8 heteroatoms. The molecule has 1 aromatic carbocycles. The minimum atomic E-state index is -0.477. The standard InChI is InChI=1S/C15H17ClN6O/c16-10-4-6-11(7-5-10)19-14-13(20-22-21-14)15(23)18-9-12-3-1-2-8-17-12/h1-8,13-14,19-22H,9H2,(H,18,23). The molecule has 1 aliphatic rings. The molecule has 1 fully saturated rings. The third-order valence-electron chi connectivity index (χ3n) is 3.41. The minimum absolute atomic E-state index is 0.139. The maximum Gasteiger partial charge on any atom is 0.242 e. The van der Waals surface area contributed by atoms with Gasteiger partial charge in [-0.15, -0.1) is 0 Å². The van der Waals surface area contributed by atoms with Crippen LogP contribution in [0.3, 0.4) is 0 Å². The van der Waals surface area contributed by atoms with E-state index in [0.717, 1.165) is 11.4 Å². The van der Waals surface area contributed by atoms with Gasteiger partial charge < -0.3 is 10.6 Å². The van der Waals surface area contributed by atoms with Crippen molar-refractivity contribution < 1.29 is 4.79 Å². The van der Waals surface area contributed by atoms with Crippen LogP contribution in [0.15, 0.2) is 48.7 Å². The highest BCUT2D eigenvalue weighted by Crippen LogP contribution is 2.15. The maximum atomic E-state index is 12.3. The van der Waals surface area contributed by atoms with Crippen LogP contribution in [-0.4, -0.2) is 23.1 Å². The van der Waals surface area contributed by atoms with E-state index >= 15 is 0 Å². The number of hydrogen-bond donors (Lipinski definition) is 5. The molecule has 7 nitrogen and oxygen atoms in total. The zero-order valence-corrected chi connectivity index (χ0v) is 13.0. The van der Waals surface area contributed by atoms with E-state index in [-0.39, 0.29) is 12.1 Å². The molecule has 2 unspecified atom stereocenters. The summed E-state index contributed by atoms with van der Waals surface area (Å²) in [6, 6.07) is 12.4. The van der Waals surface area contributed by atoms with Gasteiger partial charge in [0.15, 0.2) is 0 Å². The third kappa shape index (κ3) is 4.17. The van der Waals surface area contributed by atoms with Gasteiger partial charge in [-0.3, -0.25) is 9.78 Å². The van der Waals surface area contributed by atoms with E-state index in [0.29, 0.717) is 11.6 Å². The van der Waals surface area contributed by atoms with Gasteiger partial charge in [0.25, 0.3) is 0 Å². The van der Waals surface area contributed by atoms with E-state index in [1.54, 1.807) is 18.3 Å². The number of carbonyl (C=O) groups excluding carboxylic acids is 1. The summed E-state index contributed by atoms with van der Waals surface area (Å²) in [4.78, 5) is 16.5. The van der Waals surface area contributed by atoms with Crippen LogP contribution in [0.4, 0.5) is 5.69 Å². The van der Waals surface area contributed by atoms with Crippen LogP contribution < -0.4 is 27.0 Å². The first-order chi connectivity index (χ1) is 11.2. The largest absolute Gasteiger partial charge is 0.367 e. The van der Waals surface area contributed by atoms with Gasteiger partial charge in [0.2, 0.25) is 5.91 Å². The van der Waals surface area contributed by atoms with Crippen LogP contribution in [-0.2, 0) is 11.3 Å². The number of nitrogens with zero attached hydrogens (tertiary/aromatic N) is 1. The van der Waals surface area contributed by atoms with Gasteiger partial charge in [-0.2, -0.15) is 5.53 Å². The number of amides is 1. The Labute approximate surface area is 138 Å². The van der Waals surface area contributed by atoms with E-state index in [2.05, 4.69) is 32.0 Å². The quantitative estimate of drug-likeness (QED) is 0.556. The van der Waals surface area contributed by atoms with E-state index in [1.807, 2.05) is 30.3 Å². The Kier molecular flexibility index (Phi) is 5.04. The Balaban J connectivity index is 1.57. The third-order valence-corrected chi connectivity index (χ3v) is 3.66. The number of hydrazine groups is 2. The first-order valence-corrected chi connectivity index (χ1v) is 7.56. The molecule has 2 heterocycles. The number of anilines is 1. The SMILES string of the molecule is O=C(NCc1ccccn1)C1NNNC1Nc1ccc(Cl)cc1. The number of benzene rings is 1. The van der Waals surface area contributed by atoms with Gasteiger partial charge in [-0.25, -0.2) is 10.9 Å². The highest BCUT2D eigenvalue weighted by Gasteiger charge is 2.32. The highest BCUT2D eigenvalue weighted by molar-refractivity contribution is 6.30. The van der Waals surface area contributed by atoms with E-state index in [4.69, 9.17) is 11.6 Å². The molecule has 23 heavy (non-hydrogen) atoms. The van der Waals surface area contributed by atoms with Gasteiger partial charge in [0, 0.05) is 16.9 Å². The lowest BCUT2D eigenvalue weighted by Gasteiger charge is -2.20. The molecule has 5 N–H and O–H groups in total. The second-order valence-corrected chi connectivity index (χ2v) is 5.50. The van der Waals surface area contributed by atoms with Crippen molar-refractivity contribution in [3.8, 4) is 0 Å². The summed E-state index contributed by atoms with van der Waals surface area (Å²) >= 11 is 5.87. The van der Waals surface area contributed by atoms with Gasteiger partial charge in [0.05, 0.1) is 12.2 Å².